The summed E-state index contributed by atoms with van der Waals surface area (Å²) >= 11 is 9.51. The van der Waals surface area contributed by atoms with Gasteiger partial charge in [-0.05, 0) is 47.1 Å². The average Bonchev–Trinajstić information content (AvgIpc) is 3.14. The molecular formula is C18H13BrClN3O. The fourth-order valence-corrected chi connectivity index (χ4v) is 3.05. The highest BCUT2D eigenvalue weighted by Gasteiger charge is 2.16. The quantitative estimate of drug-likeness (QED) is 0.453. The zero-order valence-corrected chi connectivity index (χ0v) is 15.1. The summed E-state index contributed by atoms with van der Waals surface area (Å²) in [7, 11) is 0. The lowest BCUT2D eigenvalue weighted by molar-refractivity contribution is 0.542. The molecule has 0 aliphatic carbocycles. The molecule has 0 fully saturated rings. The zero-order chi connectivity index (χ0) is 16.7. The Hall–Kier alpha value is -2.24. The van der Waals surface area contributed by atoms with Gasteiger partial charge in [-0.2, -0.15) is 0 Å². The molecule has 0 saturated carbocycles. The molecule has 0 amide bonds. The number of nitrogens with zero attached hydrogens (tertiary/aromatic N) is 2. The number of aryl methyl sites for hydroxylation is 1. The summed E-state index contributed by atoms with van der Waals surface area (Å²) in [5.74, 6) is 0.838. The fourth-order valence-electron chi connectivity index (χ4n) is 2.55. The topological polar surface area (TPSA) is 42.5 Å². The number of aromatic nitrogens is 2. The molecule has 4 rings (SSSR count). The maximum Gasteiger partial charge on any atom is 0.169 e. The third kappa shape index (κ3) is 2.81. The van der Waals surface area contributed by atoms with Crippen molar-refractivity contribution in [1.82, 2.24) is 9.38 Å². The number of hydrogen-bond donors (Lipinski definition) is 1. The minimum Gasteiger partial charge on any atom is -0.457 e. The van der Waals surface area contributed by atoms with E-state index in [9.17, 15) is 0 Å². The largest absolute Gasteiger partial charge is 0.457 e. The number of halogens is 2. The molecule has 120 valence electrons. The van der Waals surface area contributed by atoms with Crippen molar-refractivity contribution in [2.24, 2.45) is 0 Å². The number of nitrogens with one attached hydrogen (secondary N) is 1. The van der Waals surface area contributed by atoms with Crippen molar-refractivity contribution in [1.29, 1.82) is 0 Å². The standard InChI is InChI=1S/C18H13BrClN3O/c1-11-2-5-14(6-3-11)21-18-17(12-8-15(19)24-10-12)22-16-7-4-13(20)9-23(16)18/h2-10,21H,1H3. The average molecular weight is 403 g/mol. The Labute approximate surface area is 152 Å². The van der Waals surface area contributed by atoms with E-state index in [-0.39, 0.29) is 0 Å². The second-order valence-corrected chi connectivity index (χ2v) is 6.73. The maximum absolute atomic E-state index is 6.17. The molecule has 4 nitrogen and oxygen atoms in total. The Balaban J connectivity index is 1.89. The lowest BCUT2D eigenvalue weighted by Gasteiger charge is -2.08. The van der Waals surface area contributed by atoms with E-state index in [0.29, 0.717) is 9.69 Å². The van der Waals surface area contributed by atoms with Crippen molar-refractivity contribution < 1.29 is 4.42 Å². The summed E-state index contributed by atoms with van der Waals surface area (Å²) in [6.07, 6.45) is 3.52. The molecule has 0 atom stereocenters. The molecule has 6 heteroatoms. The van der Waals surface area contributed by atoms with E-state index in [0.717, 1.165) is 28.4 Å². The molecule has 3 aromatic heterocycles. The number of imidazole rings is 1. The van der Waals surface area contributed by atoms with Gasteiger partial charge in [-0.15, -0.1) is 0 Å². The van der Waals surface area contributed by atoms with Gasteiger partial charge >= 0.3 is 0 Å². The van der Waals surface area contributed by atoms with Crippen LogP contribution in [0.5, 0.6) is 0 Å². The van der Waals surface area contributed by atoms with Gasteiger partial charge in [0.25, 0.3) is 0 Å². The van der Waals surface area contributed by atoms with Gasteiger partial charge in [0.2, 0.25) is 0 Å². The number of anilines is 2. The van der Waals surface area contributed by atoms with E-state index in [2.05, 4.69) is 40.3 Å². The normalized spacial score (nSPS) is 11.1. The minimum absolute atomic E-state index is 0.645. The van der Waals surface area contributed by atoms with Crippen LogP contribution in [-0.4, -0.2) is 9.38 Å². The number of rotatable bonds is 3. The van der Waals surface area contributed by atoms with E-state index in [1.54, 1.807) is 6.26 Å². The van der Waals surface area contributed by atoms with Gasteiger partial charge in [0.15, 0.2) is 4.67 Å². The van der Waals surface area contributed by atoms with Gasteiger partial charge in [0.1, 0.15) is 23.4 Å². The molecule has 0 bridgehead atoms. The molecule has 1 aromatic carbocycles. The summed E-state index contributed by atoms with van der Waals surface area (Å²) in [4.78, 5) is 4.71. The highest BCUT2D eigenvalue weighted by atomic mass is 79.9. The molecule has 0 aliphatic heterocycles. The van der Waals surface area contributed by atoms with Gasteiger partial charge in [0, 0.05) is 23.5 Å². The van der Waals surface area contributed by atoms with Gasteiger partial charge < -0.3 is 9.73 Å². The van der Waals surface area contributed by atoms with Crippen molar-refractivity contribution in [3.05, 3.63) is 70.2 Å². The first-order valence-electron chi connectivity index (χ1n) is 7.36. The van der Waals surface area contributed by atoms with E-state index >= 15 is 0 Å². The number of hydrogen-bond acceptors (Lipinski definition) is 3. The van der Waals surface area contributed by atoms with Crippen LogP contribution in [-0.2, 0) is 0 Å². The molecule has 0 aliphatic rings. The summed E-state index contributed by atoms with van der Waals surface area (Å²) in [5, 5.41) is 4.09. The summed E-state index contributed by atoms with van der Waals surface area (Å²) in [6.45, 7) is 2.06. The number of furan rings is 1. The maximum atomic E-state index is 6.17. The number of pyridine rings is 1. The van der Waals surface area contributed by atoms with E-state index in [1.807, 2.05) is 40.9 Å². The van der Waals surface area contributed by atoms with Crippen molar-refractivity contribution in [2.45, 2.75) is 6.92 Å². The highest BCUT2D eigenvalue weighted by Crippen LogP contribution is 2.34. The fraction of sp³-hybridized carbons (Fsp3) is 0.0556. The van der Waals surface area contributed by atoms with Gasteiger partial charge in [-0.1, -0.05) is 29.3 Å². The van der Waals surface area contributed by atoms with Crippen LogP contribution in [0.15, 0.2) is 64.0 Å². The predicted molar refractivity (Wildman–Crippen MR) is 100 cm³/mol. The Morgan fingerprint density at radius 3 is 2.67 bits per heavy atom. The molecule has 0 saturated heterocycles. The lowest BCUT2D eigenvalue weighted by Crippen LogP contribution is -1.96. The zero-order valence-electron chi connectivity index (χ0n) is 12.8. The molecule has 24 heavy (non-hydrogen) atoms. The van der Waals surface area contributed by atoms with E-state index < -0.39 is 0 Å². The first-order valence-corrected chi connectivity index (χ1v) is 8.53. The van der Waals surface area contributed by atoms with Crippen LogP contribution in [0.4, 0.5) is 11.5 Å². The molecular weight excluding hydrogens is 390 g/mol. The third-order valence-corrected chi connectivity index (χ3v) is 4.38. The van der Waals surface area contributed by atoms with Crippen molar-refractivity contribution in [3.63, 3.8) is 0 Å². The van der Waals surface area contributed by atoms with Crippen LogP contribution in [0.1, 0.15) is 5.56 Å². The minimum atomic E-state index is 0.645. The van der Waals surface area contributed by atoms with Crippen LogP contribution in [0, 0.1) is 6.92 Å². The van der Waals surface area contributed by atoms with Gasteiger partial charge in [-0.3, -0.25) is 4.40 Å². The number of benzene rings is 1. The molecule has 4 aromatic rings. The van der Waals surface area contributed by atoms with Crippen molar-refractivity contribution in [3.8, 4) is 11.3 Å². The Kier molecular flexibility index (Phi) is 3.82. The molecule has 3 heterocycles. The Morgan fingerprint density at radius 2 is 1.96 bits per heavy atom. The SMILES string of the molecule is Cc1ccc(Nc2c(-c3coc(Br)c3)nc3ccc(Cl)cn23)cc1. The molecule has 1 N–H and O–H groups in total. The molecule has 0 spiro atoms. The van der Waals surface area contributed by atoms with E-state index in [4.69, 9.17) is 21.0 Å². The van der Waals surface area contributed by atoms with Gasteiger partial charge in [-0.25, -0.2) is 4.98 Å². The Morgan fingerprint density at radius 1 is 1.17 bits per heavy atom. The number of fused-ring (bicyclic) bond motifs is 1. The first kappa shape index (κ1) is 15.3. The first-order chi connectivity index (χ1) is 11.6. The van der Waals surface area contributed by atoms with Crippen LogP contribution < -0.4 is 5.32 Å². The van der Waals surface area contributed by atoms with Crippen molar-refractivity contribution in [2.75, 3.05) is 5.32 Å². The molecule has 0 unspecified atom stereocenters. The second-order valence-electron chi connectivity index (χ2n) is 5.52. The molecule has 0 radical (unpaired) electrons. The summed E-state index contributed by atoms with van der Waals surface area (Å²) in [6, 6.07) is 13.8. The Bertz CT molecular complexity index is 1020. The van der Waals surface area contributed by atoms with Gasteiger partial charge in [0.05, 0.1) is 5.02 Å². The highest BCUT2D eigenvalue weighted by molar-refractivity contribution is 9.10. The van der Waals surface area contributed by atoms with E-state index in [1.165, 1.54) is 5.56 Å². The van der Waals surface area contributed by atoms with Crippen LogP contribution in [0.25, 0.3) is 16.9 Å². The van der Waals surface area contributed by atoms with Crippen LogP contribution in [0.3, 0.4) is 0 Å². The van der Waals surface area contributed by atoms with Crippen molar-refractivity contribution >= 4 is 44.7 Å². The van der Waals surface area contributed by atoms with Crippen LogP contribution in [0.2, 0.25) is 5.02 Å². The summed E-state index contributed by atoms with van der Waals surface area (Å²) in [5.41, 5.74) is 4.68. The lowest BCUT2D eigenvalue weighted by atomic mass is 10.2. The monoisotopic (exact) mass is 401 g/mol. The van der Waals surface area contributed by atoms with Crippen LogP contribution >= 0.6 is 27.5 Å². The smallest absolute Gasteiger partial charge is 0.169 e. The summed E-state index contributed by atoms with van der Waals surface area (Å²) < 4.78 is 7.98. The third-order valence-electron chi connectivity index (χ3n) is 3.74. The second kappa shape index (κ2) is 6.00. The predicted octanol–water partition coefficient (Wildman–Crippen LogP) is 6.06.